The number of alkyl halides is 1. The first kappa shape index (κ1) is 34.9. The average molecular weight is 667 g/mol. The Kier molecular flexibility index (Phi) is 10.7. The number of carbonyl (C=O) groups is 3. The summed E-state index contributed by atoms with van der Waals surface area (Å²) in [5.74, 6) is -1.87. The topological polar surface area (TPSA) is 155 Å². The summed E-state index contributed by atoms with van der Waals surface area (Å²) < 4.78 is 42.1. The van der Waals surface area contributed by atoms with Crippen LogP contribution in [-0.2, 0) is 28.7 Å². The fraction of sp³-hybridized carbons (Fsp3) is 0.613. The molecule has 3 amide bonds. The number of nitrogens with one attached hydrogen (secondary N) is 2. The molecule has 2 heterocycles. The molecule has 0 radical (unpaired) electrons. The Hall–Kier alpha value is -2.94. The van der Waals surface area contributed by atoms with Gasteiger partial charge in [0.25, 0.3) is 16.0 Å². The monoisotopic (exact) mass is 666 g/mol. The van der Waals surface area contributed by atoms with Crippen LogP contribution in [-0.4, -0.2) is 84.4 Å². The number of unbranched alkanes of at least 4 members (excludes halogenated alkanes) is 1. The molecule has 14 heteroatoms. The molecule has 1 aromatic heterocycles. The summed E-state index contributed by atoms with van der Waals surface area (Å²) in [5, 5.41) is 16.2. The Morgan fingerprint density at radius 2 is 1.84 bits per heavy atom. The van der Waals surface area contributed by atoms with Crippen LogP contribution in [0.4, 0.5) is 4.39 Å². The summed E-state index contributed by atoms with van der Waals surface area (Å²) in [5.41, 5.74) is 1.72. The van der Waals surface area contributed by atoms with Gasteiger partial charge in [0.05, 0.1) is 41.1 Å². The zero-order valence-corrected chi connectivity index (χ0v) is 28.0. The highest BCUT2D eigenvalue weighted by molar-refractivity contribution is 7.85. The van der Waals surface area contributed by atoms with E-state index >= 15 is 0 Å². The van der Waals surface area contributed by atoms with E-state index in [4.69, 9.17) is 4.18 Å². The van der Waals surface area contributed by atoms with Gasteiger partial charge in [0, 0.05) is 13.0 Å². The van der Waals surface area contributed by atoms with Crippen LogP contribution in [0.3, 0.4) is 0 Å². The largest absolute Gasteiger partial charge is 0.391 e. The first-order valence-electron chi connectivity index (χ1n) is 15.1. The van der Waals surface area contributed by atoms with Crippen LogP contribution in [0.5, 0.6) is 0 Å². The number of hydrogen-bond acceptors (Lipinski definition) is 9. The number of aliphatic hydroxyl groups excluding tert-OH is 1. The van der Waals surface area contributed by atoms with Gasteiger partial charge in [-0.1, -0.05) is 45.0 Å². The van der Waals surface area contributed by atoms with Crippen molar-refractivity contribution in [2.24, 2.45) is 5.41 Å². The van der Waals surface area contributed by atoms with E-state index in [0.29, 0.717) is 19.3 Å². The molecule has 45 heavy (non-hydrogen) atoms. The molecule has 1 aliphatic carbocycles. The molecule has 2 aliphatic rings. The van der Waals surface area contributed by atoms with E-state index in [0.717, 1.165) is 28.0 Å². The van der Waals surface area contributed by atoms with Gasteiger partial charge < -0.3 is 20.6 Å². The van der Waals surface area contributed by atoms with Gasteiger partial charge in [0.15, 0.2) is 5.67 Å². The summed E-state index contributed by atoms with van der Waals surface area (Å²) in [7, 11) is -3.57. The SMILES string of the molecule is Cc1ncsc1-c1ccc([C@H](CCCCOS(C)(=O)=O)NC(=O)[C@@H]2C[C@@H](O)CN2C(=O)[C@@H](NC(=O)C2(F)CC2)C(C)(C)C)cc1. The maximum atomic E-state index is 14.5. The molecule has 1 saturated heterocycles. The molecular weight excluding hydrogens is 623 g/mol. The molecular formula is C31H43FN4O7S2. The number of nitrogens with zero attached hydrogens (tertiary/aromatic N) is 2. The third kappa shape index (κ3) is 9.08. The third-order valence-electron chi connectivity index (χ3n) is 8.17. The summed E-state index contributed by atoms with van der Waals surface area (Å²) in [6.07, 6.45) is 1.68. The standard InChI is InChI=1S/C31H43FN4O7S2/c1-19-25(44-18-33-19)21-11-9-20(10-12-21)23(8-6-7-15-43-45(5,41)42)34-27(38)24-16-22(37)17-36(24)28(39)26(30(2,3)4)35-29(40)31(32)13-14-31/h9-12,18,22-24,26,37H,6-8,13-17H2,1-5H3,(H,34,38)(H,35,40)/t22-,23+,24+,26-/m1/s1. The molecule has 0 spiro atoms. The second-order valence-corrected chi connectivity index (χ2v) is 15.6. The van der Waals surface area contributed by atoms with E-state index in [1.807, 2.05) is 31.2 Å². The van der Waals surface area contributed by atoms with Gasteiger partial charge in [0.1, 0.15) is 12.1 Å². The minimum absolute atomic E-state index is 0.00788. The predicted molar refractivity (Wildman–Crippen MR) is 168 cm³/mol. The number of aliphatic hydroxyl groups is 1. The van der Waals surface area contributed by atoms with Crippen molar-refractivity contribution in [3.8, 4) is 10.4 Å². The highest BCUT2D eigenvalue weighted by Crippen LogP contribution is 2.40. The lowest BCUT2D eigenvalue weighted by Crippen LogP contribution is -2.59. The maximum Gasteiger partial charge on any atom is 0.264 e. The van der Waals surface area contributed by atoms with E-state index in [9.17, 15) is 32.3 Å². The van der Waals surface area contributed by atoms with Gasteiger partial charge in [-0.05, 0) is 55.6 Å². The van der Waals surface area contributed by atoms with Crippen molar-refractivity contribution in [1.29, 1.82) is 0 Å². The number of aryl methyl sites for hydroxylation is 1. The van der Waals surface area contributed by atoms with E-state index in [-0.39, 0.29) is 32.4 Å². The number of aromatic nitrogens is 1. The van der Waals surface area contributed by atoms with Crippen molar-refractivity contribution in [3.63, 3.8) is 0 Å². The first-order valence-corrected chi connectivity index (χ1v) is 17.8. The van der Waals surface area contributed by atoms with Crippen molar-refractivity contribution in [2.45, 2.75) is 96.1 Å². The molecule has 1 aliphatic heterocycles. The summed E-state index contributed by atoms with van der Waals surface area (Å²) in [6.45, 7) is 7.08. The van der Waals surface area contributed by atoms with Crippen molar-refractivity contribution in [2.75, 3.05) is 19.4 Å². The molecule has 2 aromatic rings. The van der Waals surface area contributed by atoms with Crippen LogP contribution in [0.1, 0.15) is 76.6 Å². The van der Waals surface area contributed by atoms with Crippen molar-refractivity contribution in [3.05, 3.63) is 41.0 Å². The Morgan fingerprint density at radius 1 is 1.18 bits per heavy atom. The van der Waals surface area contributed by atoms with Crippen LogP contribution in [0.15, 0.2) is 29.8 Å². The minimum atomic E-state index is -3.57. The van der Waals surface area contributed by atoms with Crippen molar-refractivity contribution < 1.29 is 36.5 Å². The highest BCUT2D eigenvalue weighted by Gasteiger charge is 2.53. The molecule has 0 bridgehead atoms. The fourth-order valence-electron chi connectivity index (χ4n) is 5.41. The molecule has 248 valence electrons. The number of hydrogen-bond donors (Lipinski definition) is 3. The number of amides is 3. The highest BCUT2D eigenvalue weighted by atomic mass is 32.2. The third-order valence-corrected chi connectivity index (χ3v) is 9.74. The number of benzene rings is 1. The number of β-amino-alcohol motifs (C(OH)–C–C–N with tert-alkyl or cyclic N) is 1. The lowest BCUT2D eigenvalue weighted by atomic mass is 9.85. The zero-order chi connectivity index (χ0) is 33.2. The Balaban J connectivity index is 1.52. The molecule has 1 saturated carbocycles. The first-order chi connectivity index (χ1) is 21.0. The number of carbonyl (C=O) groups excluding carboxylic acids is 3. The van der Waals surface area contributed by atoms with Crippen molar-refractivity contribution >= 4 is 39.2 Å². The van der Waals surface area contributed by atoms with Gasteiger partial charge in [-0.2, -0.15) is 8.42 Å². The van der Waals surface area contributed by atoms with E-state index in [2.05, 4.69) is 15.6 Å². The zero-order valence-electron chi connectivity index (χ0n) is 26.3. The van der Waals surface area contributed by atoms with E-state index < -0.39 is 63.2 Å². The normalized spacial score (nSPS) is 20.8. The molecule has 0 unspecified atom stereocenters. The fourth-order valence-corrected chi connectivity index (χ4v) is 6.65. The summed E-state index contributed by atoms with van der Waals surface area (Å²) in [4.78, 5) is 46.8. The molecule has 2 fully saturated rings. The smallest absolute Gasteiger partial charge is 0.264 e. The minimum Gasteiger partial charge on any atom is -0.391 e. The Bertz CT molecular complexity index is 1490. The average Bonchev–Trinajstić information content (AvgIpc) is 3.36. The lowest BCUT2D eigenvalue weighted by Gasteiger charge is -2.36. The quantitative estimate of drug-likeness (QED) is 0.217. The van der Waals surface area contributed by atoms with E-state index in [1.165, 1.54) is 16.2 Å². The predicted octanol–water partition coefficient (Wildman–Crippen LogP) is 3.42. The number of likely N-dealkylation sites (tertiary alicyclic amines) is 1. The van der Waals surface area contributed by atoms with Gasteiger partial charge in [0.2, 0.25) is 11.8 Å². The van der Waals surface area contributed by atoms with E-state index in [1.54, 1.807) is 26.3 Å². The van der Waals surface area contributed by atoms with Gasteiger partial charge >= 0.3 is 0 Å². The van der Waals surface area contributed by atoms with Crippen LogP contribution in [0.25, 0.3) is 10.4 Å². The van der Waals surface area contributed by atoms with Gasteiger partial charge in [-0.25, -0.2) is 9.37 Å². The number of thiazole rings is 1. The summed E-state index contributed by atoms with van der Waals surface area (Å²) in [6, 6.07) is 5.12. The van der Waals surface area contributed by atoms with Gasteiger partial charge in [-0.3, -0.25) is 18.6 Å². The molecule has 4 atom stereocenters. The van der Waals surface area contributed by atoms with Crippen LogP contribution < -0.4 is 10.6 Å². The Labute approximate surface area is 268 Å². The van der Waals surface area contributed by atoms with Gasteiger partial charge in [-0.15, -0.1) is 11.3 Å². The molecule has 3 N–H and O–H groups in total. The van der Waals surface area contributed by atoms with Crippen LogP contribution in [0.2, 0.25) is 0 Å². The molecule has 1 aromatic carbocycles. The second-order valence-electron chi connectivity index (χ2n) is 13.1. The maximum absolute atomic E-state index is 14.5. The van der Waals surface area contributed by atoms with Crippen molar-refractivity contribution in [1.82, 2.24) is 20.5 Å². The Morgan fingerprint density at radius 3 is 2.40 bits per heavy atom. The molecule has 11 nitrogen and oxygen atoms in total. The van der Waals surface area contributed by atoms with Crippen LogP contribution in [0, 0.1) is 12.3 Å². The number of halogens is 1. The second kappa shape index (κ2) is 13.8. The number of rotatable bonds is 13. The lowest BCUT2D eigenvalue weighted by molar-refractivity contribution is -0.145. The summed E-state index contributed by atoms with van der Waals surface area (Å²) >= 11 is 1.53. The molecule has 4 rings (SSSR count). The van der Waals surface area contributed by atoms with Crippen LogP contribution >= 0.6 is 11.3 Å².